The lowest BCUT2D eigenvalue weighted by atomic mass is 10.1. The fourth-order valence-electron chi connectivity index (χ4n) is 2.63. The van der Waals surface area contributed by atoms with Gasteiger partial charge in [0.05, 0.1) is 0 Å². The van der Waals surface area contributed by atoms with Crippen LogP contribution >= 0.6 is 23.2 Å². The number of halogens is 2. The maximum atomic E-state index is 13.0. The fourth-order valence-corrected chi connectivity index (χ4v) is 2.95. The Labute approximate surface area is 181 Å². The number of hydrogen-bond acceptors (Lipinski definition) is 3. The van der Waals surface area contributed by atoms with Gasteiger partial charge in [0.2, 0.25) is 5.91 Å². The predicted octanol–water partition coefficient (Wildman–Crippen LogP) is 4.70. The summed E-state index contributed by atoms with van der Waals surface area (Å²) in [7, 11) is 0. The zero-order valence-corrected chi connectivity index (χ0v) is 18.6. The second-order valence-electron chi connectivity index (χ2n) is 7.77. The SMILES string of the molecule is C[C@H](C(=O)NC(C)(C)C)N(Cc1ccccc1Cl)C(=O)COc1ccc(Cl)cc1. The zero-order chi connectivity index (χ0) is 21.6. The maximum absolute atomic E-state index is 13.0. The number of benzene rings is 2. The van der Waals surface area contributed by atoms with E-state index in [0.717, 1.165) is 5.56 Å². The van der Waals surface area contributed by atoms with E-state index in [4.69, 9.17) is 27.9 Å². The van der Waals surface area contributed by atoms with Crippen molar-refractivity contribution in [3.8, 4) is 5.75 Å². The smallest absolute Gasteiger partial charge is 0.261 e. The molecule has 0 aromatic heterocycles. The van der Waals surface area contributed by atoms with Crippen molar-refractivity contribution in [3.05, 3.63) is 64.1 Å². The van der Waals surface area contributed by atoms with Crippen molar-refractivity contribution in [1.82, 2.24) is 10.2 Å². The van der Waals surface area contributed by atoms with Crippen molar-refractivity contribution in [2.24, 2.45) is 0 Å². The van der Waals surface area contributed by atoms with Gasteiger partial charge in [-0.2, -0.15) is 0 Å². The molecule has 29 heavy (non-hydrogen) atoms. The molecule has 2 aromatic rings. The minimum Gasteiger partial charge on any atom is -0.484 e. The van der Waals surface area contributed by atoms with Crippen LogP contribution in [-0.4, -0.2) is 34.9 Å². The van der Waals surface area contributed by atoms with Gasteiger partial charge in [-0.25, -0.2) is 0 Å². The van der Waals surface area contributed by atoms with Crippen LogP contribution in [0.1, 0.15) is 33.3 Å². The van der Waals surface area contributed by atoms with E-state index in [1.54, 1.807) is 37.3 Å². The van der Waals surface area contributed by atoms with E-state index in [1.165, 1.54) is 4.90 Å². The molecule has 156 valence electrons. The fraction of sp³-hybridized carbons (Fsp3) is 0.364. The Balaban J connectivity index is 2.18. The Kier molecular flexibility index (Phi) is 7.94. The summed E-state index contributed by atoms with van der Waals surface area (Å²) in [5.74, 6) is -0.0481. The molecule has 2 aromatic carbocycles. The van der Waals surface area contributed by atoms with Crippen LogP contribution in [0.3, 0.4) is 0 Å². The number of hydrogen-bond donors (Lipinski definition) is 1. The molecule has 0 saturated carbocycles. The molecular weight excluding hydrogens is 411 g/mol. The Morgan fingerprint density at radius 3 is 2.28 bits per heavy atom. The van der Waals surface area contributed by atoms with Crippen molar-refractivity contribution < 1.29 is 14.3 Å². The van der Waals surface area contributed by atoms with Crippen LogP contribution < -0.4 is 10.1 Å². The lowest BCUT2D eigenvalue weighted by Crippen LogP contribution is -2.53. The summed E-state index contributed by atoms with van der Waals surface area (Å²) < 4.78 is 5.59. The number of nitrogens with zero attached hydrogens (tertiary/aromatic N) is 1. The molecule has 0 fully saturated rings. The van der Waals surface area contributed by atoms with Crippen molar-refractivity contribution in [3.63, 3.8) is 0 Å². The highest BCUT2D eigenvalue weighted by Crippen LogP contribution is 2.20. The lowest BCUT2D eigenvalue weighted by molar-refractivity contribution is -0.142. The summed E-state index contributed by atoms with van der Waals surface area (Å²) >= 11 is 12.1. The van der Waals surface area contributed by atoms with Crippen molar-refractivity contribution in [1.29, 1.82) is 0 Å². The van der Waals surface area contributed by atoms with Gasteiger partial charge in [-0.3, -0.25) is 9.59 Å². The van der Waals surface area contributed by atoms with E-state index < -0.39 is 11.6 Å². The monoisotopic (exact) mass is 436 g/mol. The summed E-state index contributed by atoms with van der Waals surface area (Å²) in [5, 5.41) is 4.03. The Bertz CT molecular complexity index is 848. The van der Waals surface area contributed by atoms with Gasteiger partial charge in [-0.15, -0.1) is 0 Å². The molecular formula is C22H26Cl2N2O3. The maximum Gasteiger partial charge on any atom is 0.261 e. The molecule has 0 aliphatic carbocycles. The molecule has 1 N–H and O–H groups in total. The van der Waals surface area contributed by atoms with Crippen LogP contribution in [0.2, 0.25) is 10.0 Å². The van der Waals surface area contributed by atoms with E-state index in [1.807, 2.05) is 39.0 Å². The Hall–Kier alpha value is -2.24. The highest BCUT2D eigenvalue weighted by Gasteiger charge is 2.29. The third kappa shape index (κ3) is 7.26. The number of carbonyl (C=O) groups is 2. The zero-order valence-electron chi connectivity index (χ0n) is 17.0. The van der Waals surface area contributed by atoms with Gasteiger partial charge in [0.1, 0.15) is 11.8 Å². The molecule has 0 aliphatic heterocycles. The molecule has 1 atom stereocenters. The number of ether oxygens (including phenoxy) is 1. The van der Waals surface area contributed by atoms with E-state index in [0.29, 0.717) is 15.8 Å². The molecule has 0 aliphatic rings. The van der Waals surface area contributed by atoms with E-state index >= 15 is 0 Å². The summed E-state index contributed by atoms with van der Waals surface area (Å²) in [6.07, 6.45) is 0. The molecule has 0 heterocycles. The van der Waals surface area contributed by atoms with E-state index in [-0.39, 0.29) is 25.0 Å². The number of carbonyl (C=O) groups excluding carboxylic acids is 2. The predicted molar refractivity (Wildman–Crippen MR) is 116 cm³/mol. The summed E-state index contributed by atoms with van der Waals surface area (Å²) in [6, 6.07) is 13.3. The van der Waals surface area contributed by atoms with Gasteiger partial charge in [0, 0.05) is 22.1 Å². The van der Waals surface area contributed by atoms with Gasteiger partial charge in [-0.05, 0) is 63.6 Å². The number of nitrogens with one attached hydrogen (secondary N) is 1. The van der Waals surface area contributed by atoms with Crippen LogP contribution in [0, 0.1) is 0 Å². The van der Waals surface area contributed by atoms with E-state index in [9.17, 15) is 9.59 Å². The number of amides is 2. The van der Waals surface area contributed by atoms with Gasteiger partial charge >= 0.3 is 0 Å². The summed E-state index contributed by atoms with van der Waals surface area (Å²) in [5.41, 5.74) is 0.342. The van der Waals surface area contributed by atoms with Gasteiger partial charge in [-0.1, -0.05) is 41.4 Å². The largest absolute Gasteiger partial charge is 0.484 e. The Morgan fingerprint density at radius 2 is 1.69 bits per heavy atom. The van der Waals surface area contributed by atoms with Gasteiger partial charge in [0.25, 0.3) is 5.91 Å². The summed E-state index contributed by atoms with van der Waals surface area (Å²) in [6.45, 7) is 7.35. The average Bonchev–Trinajstić information content (AvgIpc) is 2.65. The van der Waals surface area contributed by atoms with Crippen molar-refractivity contribution in [2.45, 2.75) is 45.8 Å². The molecule has 0 radical (unpaired) electrons. The molecule has 0 spiro atoms. The van der Waals surface area contributed by atoms with Crippen LogP contribution in [0.5, 0.6) is 5.75 Å². The van der Waals surface area contributed by atoms with Crippen molar-refractivity contribution in [2.75, 3.05) is 6.61 Å². The highest BCUT2D eigenvalue weighted by molar-refractivity contribution is 6.31. The molecule has 7 heteroatoms. The van der Waals surface area contributed by atoms with Crippen LogP contribution in [0.15, 0.2) is 48.5 Å². The Morgan fingerprint density at radius 1 is 1.07 bits per heavy atom. The first-order valence-electron chi connectivity index (χ1n) is 9.30. The number of rotatable bonds is 7. The highest BCUT2D eigenvalue weighted by atomic mass is 35.5. The van der Waals surface area contributed by atoms with Gasteiger partial charge in [0.15, 0.2) is 6.61 Å². The third-order valence-corrected chi connectivity index (χ3v) is 4.76. The second kappa shape index (κ2) is 9.99. The molecule has 2 rings (SSSR count). The molecule has 5 nitrogen and oxygen atoms in total. The minimum atomic E-state index is -0.702. The van der Waals surface area contributed by atoms with E-state index in [2.05, 4.69) is 5.32 Å². The normalized spacial score (nSPS) is 12.2. The van der Waals surface area contributed by atoms with Gasteiger partial charge < -0.3 is 15.0 Å². The first-order valence-corrected chi connectivity index (χ1v) is 10.1. The van der Waals surface area contributed by atoms with Crippen LogP contribution in [0.4, 0.5) is 0 Å². The standard InChI is InChI=1S/C22H26Cl2N2O3/c1-15(21(28)25-22(2,3)4)26(13-16-7-5-6-8-19(16)24)20(27)14-29-18-11-9-17(23)10-12-18/h5-12,15H,13-14H2,1-4H3,(H,25,28)/t15-/m1/s1. The summed E-state index contributed by atoms with van der Waals surface area (Å²) in [4.78, 5) is 27.1. The molecule has 0 saturated heterocycles. The lowest BCUT2D eigenvalue weighted by Gasteiger charge is -2.31. The molecule has 0 unspecified atom stereocenters. The molecule has 2 amide bonds. The second-order valence-corrected chi connectivity index (χ2v) is 8.61. The van der Waals surface area contributed by atoms with Crippen LogP contribution in [-0.2, 0) is 16.1 Å². The van der Waals surface area contributed by atoms with Crippen LogP contribution in [0.25, 0.3) is 0 Å². The van der Waals surface area contributed by atoms with Crippen molar-refractivity contribution >= 4 is 35.0 Å². The minimum absolute atomic E-state index is 0.196. The topological polar surface area (TPSA) is 58.6 Å². The molecule has 0 bridgehead atoms. The average molecular weight is 437 g/mol. The first-order chi connectivity index (χ1) is 13.6. The third-order valence-electron chi connectivity index (χ3n) is 4.14. The first kappa shape index (κ1) is 23.0. The quantitative estimate of drug-likeness (QED) is 0.683.